The van der Waals surface area contributed by atoms with E-state index in [4.69, 9.17) is 14.2 Å². The fraction of sp³-hybridized carbons (Fsp3) is 0.562. The molecule has 0 amide bonds. The van der Waals surface area contributed by atoms with Gasteiger partial charge in [0.25, 0.3) is 0 Å². The van der Waals surface area contributed by atoms with Crippen LogP contribution in [0.25, 0.3) is 0 Å². The van der Waals surface area contributed by atoms with Gasteiger partial charge in [0.05, 0.1) is 20.3 Å². The predicted octanol–water partition coefficient (Wildman–Crippen LogP) is 2.03. The van der Waals surface area contributed by atoms with Crippen LogP contribution >= 0.6 is 24.0 Å². The zero-order valence-corrected chi connectivity index (χ0v) is 16.5. The number of hydrogen-bond donors (Lipinski definition) is 2. The molecule has 0 aliphatic carbocycles. The minimum atomic E-state index is 0. The van der Waals surface area contributed by atoms with Crippen molar-refractivity contribution in [3.63, 3.8) is 0 Å². The van der Waals surface area contributed by atoms with Crippen LogP contribution in [0.3, 0.4) is 0 Å². The second kappa shape index (κ2) is 14.5. The van der Waals surface area contributed by atoms with Gasteiger partial charge in [0.1, 0.15) is 5.75 Å². The quantitative estimate of drug-likeness (QED) is 0.254. The van der Waals surface area contributed by atoms with Crippen molar-refractivity contribution in [1.82, 2.24) is 10.6 Å². The zero-order valence-electron chi connectivity index (χ0n) is 14.1. The van der Waals surface area contributed by atoms with Gasteiger partial charge in [-0.3, -0.25) is 4.99 Å². The molecule has 1 aromatic rings. The van der Waals surface area contributed by atoms with Crippen LogP contribution in [-0.4, -0.2) is 53.6 Å². The standard InChI is InChI=1S/C16H27N3O3.HI/c1-17-16(18-9-6-10-22-12-11-20-2)19-13-14-7-4-5-8-15(14)21-3;/h4-5,7-8H,6,9-13H2,1-3H3,(H2,17,18,19);1H. The molecule has 6 nitrogen and oxygen atoms in total. The fourth-order valence-corrected chi connectivity index (χ4v) is 1.87. The molecule has 23 heavy (non-hydrogen) atoms. The van der Waals surface area contributed by atoms with Crippen molar-refractivity contribution in [2.45, 2.75) is 13.0 Å². The molecular formula is C16H28IN3O3. The monoisotopic (exact) mass is 437 g/mol. The highest BCUT2D eigenvalue weighted by Crippen LogP contribution is 2.16. The number of nitrogens with zero attached hydrogens (tertiary/aromatic N) is 1. The fourth-order valence-electron chi connectivity index (χ4n) is 1.87. The minimum Gasteiger partial charge on any atom is -0.496 e. The van der Waals surface area contributed by atoms with Crippen molar-refractivity contribution in [2.75, 3.05) is 47.6 Å². The number of nitrogens with one attached hydrogen (secondary N) is 2. The lowest BCUT2D eigenvalue weighted by atomic mass is 10.2. The van der Waals surface area contributed by atoms with Crippen molar-refractivity contribution in [3.05, 3.63) is 29.8 Å². The van der Waals surface area contributed by atoms with E-state index < -0.39 is 0 Å². The summed E-state index contributed by atoms with van der Waals surface area (Å²) in [5.74, 6) is 1.64. The highest BCUT2D eigenvalue weighted by atomic mass is 127. The van der Waals surface area contributed by atoms with E-state index in [9.17, 15) is 0 Å². The Balaban J connectivity index is 0.00000484. The van der Waals surface area contributed by atoms with Gasteiger partial charge in [-0.25, -0.2) is 0 Å². The molecule has 0 fully saturated rings. The van der Waals surface area contributed by atoms with Gasteiger partial charge in [-0.05, 0) is 12.5 Å². The molecule has 1 rings (SSSR count). The summed E-state index contributed by atoms with van der Waals surface area (Å²) in [7, 11) is 5.10. The first-order valence-electron chi connectivity index (χ1n) is 7.45. The predicted molar refractivity (Wildman–Crippen MR) is 104 cm³/mol. The Morgan fingerprint density at radius 2 is 1.87 bits per heavy atom. The third-order valence-corrected chi connectivity index (χ3v) is 3.05. The van der Waals surface area contributed by atoms with Gasteiger partial charge in [-0.2, -0.15) is 0 Å². The molecule has 7 heteroatoms. The van der Waals surface area contributed by atoms with E-state index in [1.807, 2.05) is 24.3 Å². The molecule has 0 unspecified atom stereocenters. The van der Waals surface area contributed by atoms with Gasteiger partial charge in [0, 0.05) is 39.4 Å². The van der Waals surface area contributed by atoms with Crippen molar-refractivity contribution < 1.29 is 14.2 Å². The van der Waals surface area contributed by atoms with Crippen molar-refractivity contribution in [1.29, 1.82) is 0 Å². The number of rotatable bonds is 10. The maximum atomic E-state index is 5.41. The average molecular weight is 437 g/mol. The topological polar surface area (TPSA) is 64.1 Å². The molecule has 0 radical (unpaired) electrons. The van der Waals surface area contributed by atoms with E-state index in [2.05, 4.69) is 15.6 Å². The van der Waals surface area contributed by atoms with E-state index in [1.165, 1.54) is 0 Å². The van der Waals surface area contributed by atoms with Crippen LogP contribution in [0.1, 0.15) is 12.0 Å². The first-order valence-corrected chi connectivity index (χ1v) is 7.45. The number of benzene rings is 1. The Morgan fingerprint density at radius 1 is 1.09 bits per heavy atom. The number of guanidine groups is 1. The summed E-state index contributed by atoms with van der Waals surface area (Å²) in [5, 5.41) is 6.52. The highest BCUT2D eigenvalue weighted by molar-refractivity contribution is 14.0. The third-order valence-electron chi connectivity index (χ3n) is 3.05. The second-order valence-corrected chi connectivity index (χ2v) is 4.62. The Bertz CT molecular complexity index is 444. The number of aliphatic imine (C=N–C) groups is 1. The maximum Gasteiger partial charge on any atom is 0.191 e. The molecule has 0 saturated heterocycles. The Morgan fingerprint density at radius 3 is 2.57 bits per heavy atom. The lowest BCUT2D eigenvalue weighted by molar-refractivity contribution is 0.0698. The van der Waals surface area contributed by atoms with Gasteiger partial charge in [0.15, 0.2) is 5.96 Å². The Kier molecular flexibility index (Phi) is 13.9. The third kappa shape index (κ3) is 9.62. The Labute approximate surface area is 156 Å². The van der Waals surface area contributed by atoms with E-state index in [0.29, 0.717) is 26.4 Å². The summed E-state index contributed by atoms with van der Waals surface area (Å²) >= 11 is 0. The first-order chi connectivity index (χ1) is 10.8. The van der Waals surface area contributed by atoms with Crippen molar-refractivity contribution in [3.8, 4) is 5.75 Å². The highest BCUT2D eigenvalue weighted by Gasteiger charge is 2.03. The van der Waals surface area contributed by atoms with Crippen LogP contribution in [0, 0.1) is 0 Å². The number of para-hydroxylation sites is 1. The molecule has 1 aromatic carbocycles. The summed E-state index contributed by atoms with van der Waals surface area (Å²) in [6, 6.07) is 7.93. The molecule has 0 spiro atoms. The van der Waals surface area contributed by atoms with Crippen LogP contribution in [0.5, 0.6) is 5.75 Å². The molecule has 0 aliphatic rings. The van der Waals surface area contributed by atoms with Crippen LogP contribution in [0.4, 0.5) is 0 Å². The minimum absolute atomic E-state index is 0. The molecule has 0 aliphatic heterocycles. The summed E-state index contributed by atoms with van der Waals surface area (Å²) in [5.41, 5.74) is 1.09. The number of ether oxygens (including phenoxy) is 3. The lowest BCUT2D eigenvalue weighted by Gasteiger charge is -2.13. The SMILES string of the molecule is CN=C(NCCCOCCOC)NCc1ccccc1OC.I. The van der Waals surface area contributed by atoms with E-state index in [0.717, 1.165) is 30.2 Å². The molecule has 0 atom stereocenters. The summed E-state index contributed by atoms with van der Waals surface area (Å²) in [6.45, 7) is 3.44. The molecule has 132 valence electrons. The lowest BCUT2D eigenvalue weighted by Crippen LogP contribution is -2.37. The summed E-state index contributed by atoms with van der Waals surface area (Å²) in [4.78, 5) is 4.20. The average Bonchev–Trinajstić information content (AvgIpc) is 2.57. The zero-order chi connectivity index (χ0) is 16.0. The van der Waals surface area contributed by atoms with Gasteiger partial charge in [-0.1, -0.05) is 18.2 Å². The van der Waals surface area contributed by atoms with Crippen LogP contribution in [-0.2, 0) is 16.0 Å². The molecule has 0 bridgehead atoms. The van der Waals surface area contributed by atoms with Gasteiger partial charge < -0.3 is 24.8 Å². The second-order valence-electron chi connectivity index (χ2n) is 4.62. The van der Waals surface area contributed by atoms with Crippen LogP contribution in [0.2, 0.25) is 0 Å². The van der Waals surface area contributed by atoms with E-state index in [1.54, 1.807) is 21.3 Å². The van der Waals surface area contributed by atoms with Crippen LogP contribution in [0.15, 0.2) is 29.3 Å². The largest absolute Gasteiger partial charge is 0.496 e. The summed E-state index contributed by atoms with van der Waals surface area (Å²) in [6.07, 6.45) is 0.916. The van der Waals surface area contributed by atoms with Gasteiger partial charge >= 0.3 is 0 Å². The van der Waals surface area contributed by atoms with Gasteiger partial charge in [0.2, 0.25) is 0 Å². The molecule has 0 heterocycles. The van der Waals surface area contributed by atoms with Crippen LogP contribution < -0.4 is 15.4 Å². The normalized spacial score (nSPS) is 10.8. The Hall–Kier alpha value is -1.06. The molecule has 2 N–H and O–H groups in total. The molecular weight excluding hydrogens is 409 g/mol. The molecule has 0 aromatic heterocycles. The molecule has 0 saturated carbocycles. The van der Waals surface area contributed by atoms with E-state index >= 15 is 0 Å². The maximum absolute atomic E-state index is 5.41. The first kappa shape index (κ1) is 21.9. The van der Waals surface area contributed by atoms with Crippen molar-refractivity contribution >= 4 is 29.9 Å². The summed E-state index contributed by atoms with van der Waals surface area (Å²) < 4.78 is 15.7. The number of hydrogen-bond acceptors (Lipinski definition) is 4. The van der Waals surface area contributed by atoms with Gasteiger partial charge in [-0.15, -0.1) is 24.0 Å². The smallest absolute Gasteiger partial charge is 0.191 e. The van der Waals surface area contributed by atoms with E-state index in [-0.39, 0.29) is 24.0 Å². The van der Waals surface area contributed by atoms with Crippen molar-refractivity contribution in [2.24, 2.45) is 4.99 Å². The number of halogens is 1. The number of methoxy groups -OCH3 is 2.